The molecule has 0 spiro atoms. The molecule has 1 saturated carbocycles. The van der Waals surface area contributed by atoms with Crippen molar-refractivity contribution in [3.63, 3.8) is 0 Å². The van der Waals surface area contributed by atoms with E-state index in [4.69, 9.17) is 9.90 Å². The maximum absolute atomic E-state index is 12.8. The first-order valence-corrected chi connectivity index (χ1v) is 7.94. The molecule has 0 aromatic heterocycles. The maximum Gasteiger partial charge on any atom is 0.416 e. The van der Waals surface area contributed by atoms with Crippen molar-refractivity contribution in [2.45, 2.75) is 44.2 Å². The Hall–Kier alpha value is -1.56. The smallest absolute Gasteiger partial charge is 0.416 e. The highest BCUT2D eigenvalue weighted by Gasteiger charge is 2.34. The number of alkyl halides is 3. The fraction of sp³-hybridized carbons (Fsp3) is 0.588. The second kappa shape index (κ2) is 7.81. The van der Waals surface area contributed by atoms with Gasteiger partial charge in [0.15, 0.2) is 0 Å². The third-order valence-electron chi connectivity index (χ3n) is 4.46. The van der Waals surface area contributed by atoms with E-state index >= 15 is 0 Å². The monoisotopic (exact) mass is 329 g/mol. The lowest BCUT2D eigenvalue weighted by Crippen LogP contribution is -2.28. The second-order valence-corrected chi connectivity index (χ2v) is 6.19. The molecule has 0 radical (unpaired) electrons. The summed E-state index contributed by atoms with van der Waals surface area (Å²) in [4.78, 5) is 8.36. The van der Waals surface area contributed by atoms with Gasteiger partial charge in [0.05, 0.1) is 5.56 Å². The van der Waals surface area contributed by atoms with Gasteiger partial charge in [-0.05, 0) is 80.3 Å². The third-order valence-corrected chi connectivity index (χ3v) is 4.46. The third kappa shape index (κ3) is 5.23. The van der Waals surface area contributed by atoms with Crippen LogP contribution in [0.25, 0.3) is 0 Å². The van der Waals surface area contributed by atoms with Crippen molar-refractivity contribution < 1.29 is 23.1 Å². The number of benzene rings is 1. The molecule has 128 valence electrons. The first-order chi connectivity index (χ1) is 11.0. The molecule has 2 aliphatic rings. The van der Waals surface area contributed by atoms with Crippen LogP contribution in [0, 0.1) is 5.92 Å². The molecule has 0 bridgehead atoms. The lowest BCUT2D eigenvalue weighted by molar-refractivity contribution is -0.137. The molecule has 1 heterocycles. The molecule has 1 saturated heterocycles. The molecule has 0 amide bonds. The van der Waals surface area contributed by atoms with Gasteiger partial charge < -0.3 is 10.4 Å². The van der Waals surface area contributed by atoms with Crippen LogP contribution in [0.4, 0.5) is 13.2 Å². The van der Waals surface area contributed by atoms with E-state index in [1.165, 1.54) is 12.1 Å². The molecule has 1 aromatic carbocycles. The van der Waals surface area contributed by atoms with E-state index in [1.54, 1.807) is 6.07 Å². The molecule has 3 rings (SSSR count). The van der Waals surface area contributed by atoms with Crippen molar-refractivity contribution in [1.82, 2.24) is 5.32 Å². The van der Waals surface area contributed by atoms with Gasteiger partial charge in [0, 0.05) is 0 Å². The minimum Gasteiger partial charge on any atom is -0.483 e. The Bertz CT molecular complexity index is 521. The van der Waals surface area contributed by atoms with E-state index < -0.39 is 11.7 Å². The quantitative estimate of drug-likeness (QED) is 0.829. The van der Waals surface area contributed by atoms with Crippen molar-refractivity contribution in [3.8, 4) is 0 Å². The van der Waals surface area contributed by atoms with Crippen LogP contribution in [0.3, 0.4) is 0 Å². The van der Waals surface area contributed by atoms with Gasteiger partial charge in [0.2, 0.25) is 0 Å². The van der Waals surface area contributed by atoms with Crippen LogP contribution in [-0.2, 0) is 17.4 Å². The van der Waals surface area contributed by atoms with Gasteiger partial charge in [0.25, 0.3) is 6.47 Å². The Morgan fingerprint density at radius 2 is 1.78 bits per heavy atom. The van der Waals surface area contributed by atoms with E-state index in [-0.39, 0.29) is 6.47 Å². The average molecular weight is 329 g/mol. The van der Waals surface area contributed by atoms with Crippen molar-refractivity contribution in [3.05, 3.63) is 34.9 Å². The van der Waals surface area contributed by atoms with Gasteiger partial charge in [-0.1, -0.05) is 6.07 Å². The van der Waals surface area contributed by atoms with Crippen LogP contribution in [0.2, 0.25) is 0 Å². The molecule has 23 heavy (non-hydrogen) atoms. The van der Waals surface area contributed by atoms with Gasteiger partial charge in [-0.25, -0.2) is 0 Å². The largest absolute Gasteiger partial charge is 0.483 e. The number of hydrogen-bond acceptors (Lipinski definition) is 2. The first-order valence-electron chi connectivity index (χ1n) is 7.94. The first kappa shape index (κ1) is 17.8. The normalized spacial score (nSPS) is 18.9. The van der Waals surface area contributed by atoms with Crippen molar-refractivity contribution in [2.75, 3.05) is 13.1 Å². The summed E-state index contributed by atoms with van der Waals surface area (Å²) < 4.78 is 38.5. The maximum atomic E-state index is 12.8. The van der Waals surface area contributed by atoms with Gasteiger partial charge in [-0.15, -0.1) is 0 Å². The molecule has 0 unspecified atom stereocenters. The number of rotatable bonds is 3. The highest BCUT2D eigenvalue weighted by molar-refractivity contribution is 5.38. The standard InChI is InChI=1S/C16H20F3N.CH2O2/c17-16(18,19)14-4-3-13(15(10-14)12-1-2-12)9-11-5-7-20-8-6-11;2-1-3/h3-4,10-12,20H,1-2,5-9H2;1H,(H,2,3). The van der Waals surface area contributed by atoms with Crippen LogP contribution in [-0.4, -0.2) is 24.7 Å². The van der Waals surface area contributed by atoms with Crippen LogP contribution in [0.1, 0.15) is 48.3 Å². The Morgan fingerprint density at radius 3 is 2.30 bits per heavy atom. The fourth-order valence-corrected chi connectivity index (χ4v) is 3.13. The Balaban J connectivity index is 0.000000595. The van der Waals surface area contributed by atoms with E-state index in [0.717, 1.165) is 56.3 Å². The summed E-state index contributed by atoms with van der Waals surface area (Å²) in [6, 6.07) is 4.37. The Kier molecular flexibility index (Phi) is 6.04. The highest BCUT2D eigenvalue weighted by Crippen LogP contribution is 2.44. The zero-order valence-corrected chi connectivity index (χ0v) is 12.9. The Morgan fingerprint density at radius 1 is 1.17 bits per heavy atom. The molecule has 6 heteroatoms. The lowest BCUT2D eigenvalue weighted by atomic mass is 9.87. The fourth-order valence-electron chi connectivity index (χ4n) is 3.13. The van der Waals surface area contributed by atoms with E-state index in [0.29, 0.717) is 11.8 Å². The molecule has 3 nitrogen and oxygen atoms in total. The van der Waals surface area contributed by atoms with Crippen LogP contribution in [0.15, 0.2) is 18.2 Å². The van der Waals surface area contributed by atoms with E-state index in [9.17, 15) is 13.2 Å². The van der Waals surface area contributed by atoms with Crippen molar-refractivity contribution >= 4 is 6.47 Å². The zero-order chi connectivity index (χ0) is 16.9. The van der Waals surface area contributed by atoms with Crippen LogP contribution >= 0.6 is 0 Å². The lowest BCUT2D eigenvalue weighted by Gasteiger charge is -2.24. The summed E-state index contributed by atoms with van der Waals surface area (Å²) in [5, 5.41) is 10.2. The highest BCUT2D eigenvalue weighted by atomic mass is 19.4. The van der Waals surface area contributed by atoms with Crippen LogP contribution < -0.4 is 5.32 Å². The molecule has 0 atom stereocenters. The Labute approximate surface area is 133 Å². The second-order valence-electron chi connectivity index (χ2n) is 6.19. The molecule has 1 aliphatic carbocycles. The molecular weight excluding hydrogens is 307 g/mol. The molecule has 2 fully saturated rings. The average Bonchev–Trinajstić information content (AvgIpc) is 3.33. The SMILES string of the molecule is FC(F)(F)c1ccc(CC2CCNCC2)c(C2CC2)c1.O=CO. The predicted octanol–water partition coefficient (Wildman–Crippen LogP) is 3.83. The van der Waals surface area contributed by atoms with Gasteiger partial charge in [-0.2, -0.15) is 13.2 Å². The molecule has 1 aromatic rings. The zero-order valence-electron chi connectivity index (χ0n) is 12.9. The number of piperidine rings is 1. The van der Waals surface area contributed by atoms with E-state index in [1.807, 2.05) is 0 Å². The number of hydrogen-bond donors (Lipinski definition) is 2. The summed E-state index contributed by atoms with van der Waals surface area (Å²) >= 11 is 0. The van der Waals surface area contributed by atoms with Crippen LogP contribution in [0.5, 0.6) is 0 Å². The van der Waals surface area contributed by atoms with Gasteiger partial charge >= 0.3 is 6.18 Å². The number of nitrogens with one attached hydrogen (secondary N) is 1. The summed E-state index contributed by atoms with van der Waals surface area (Å²) in [7, 11) is 0. The van der Waals surface area contributed by atoms with E-state index in [2.05, 4.69) is 5.32 Å². The van der Waals surface area contributed by atoms with Gasteiger partial charge in [0.1, 0.15) is 0 Å². The summed E-state index contributed by atoms with van der Waals surface area (Å²) in [6.45, 7) is 1.81. The topological polar surface area (TPSA) is 49.3 Å². The molecule has 1 aliphatic heterocycles. The molecular formula is C17H22F3NO2. The van der Waals surface area contributed by atoms with Crippen molar-refractivity contribution in [2.24, 2.45) is 5.92 Å². The predicted molar refractivity (Wildman–Crippen MR) is 81.4 cm³/mol. The summed E-state index contributed by atoms with van der Waals surface area (Å²) in [6.07, 6.45) is 1.06. The minimum atomic E-state index is -4.23. The number of halogens is 3. The number of carbonyl (C=O) groups is 1. The summed E-state index contributed by atoms with van der Waals surface area (Å²) in [5.74, 6) is 0.986. The summed E-state index contributed by atoms with van der Waals surface area (Å²) in [5.41, 5.74) is 1.61. The van der Waals surface area contributed by atoms with Gasteiger partial charge in [-0.3, -0.25) is 4.79 Å². The molecule has 2 N–H and O–H groups in total. The number of carboxylic acid groups (broad SMARTS) is 1. The van der Waals surface area contributed by atoms with Crippen molar-refractivity contribution in [1.29, 1.82) is 0 Å². The minimum absolute atomic E-state index is 0.250.